The molecule has 7 heteroatoms. The van der Waals surface area contributed by atoms with Crippen molar-refractivity contribution in [2.24, 2.45) is 0 Å². The van der Waals surface area contributed by atoms with Crippen LogP contribution in [0.25, 0.3) is 5.76 Å². The lowest BCUT2D eigenvalue weighted by atomic mass is 9.97. The smallest absolute Gasteiger partial charge is 0.295 e. The molecule has 3 heterocycles. The highest BCUT2D eigenvalue weighted by Crippen LogP contribution is 2.39. The summed E-state index contributed by atoms with van der Waals surface area (Å²) in [6.07, 6.45) is 2.33. The van der Waals surface area contributed by atoms with E-state index >= 15 is 0 Å². The third-order valence-electron chi connectivity index (χ3n) is 5.01. The van der Waals surface area contributed by atoms with Gasteiger partial charge in [0, 0.05) is 31.8 Å². The van der Waals surface area contributed by atoms with Crippen LogP contribution in [0.5, 0.6) is 5.75 Å². The second-order valence-electron chi connectivity index (χ2n) is 6.66. The summed E-state index contributed by atoms with van der Waals surface area (Å²) in [5.74, 6) is -0.818. The van der Waals surface area contributed by atoms with Crippen LogP contribution in [-0.4, -0.2) is 53.5 Å². The number of pyridine rings is 1. The largest absolute Gasteiger partial charge is 0.507 e. The first-order valence-corrected chi connectivity index (χ1v) is 9.06. The van der Waals surface area contributed by atoms with Crippen LogP contribution in [-0.2, 0) is 20.7 Å². The van der Waals surface area contributed by atoms with Gasteiger partial charge in [0.25, 0.3) is 11.7 Å². The van der Waals surface area contributed by atoms with Crippen LogP contribution in [0.15, 0.2) is 48.2 Å². The zero-order valence-corrected chi connectivity index (χ0v) is 15.4. The van der Waals surface area contributed by atoms with Gasteiger partial charge in [-0.25, -0.2) is 0 Å². The summed E-state index contributed by atoms with van der Waals surface area (Å²) in [5.41, 5.74) is 2.00. The van der Waals surface area contributed by atoms with Gasteiger partial charge in [-0.3, -0.25) is 14.6 Å². The Balaban J connectivity index is 1.83. The number of aliphatic hydroxyl groups is 1. The van der Waals surface area contributed by atoms with E-state index < -0.39 is 17.7 Å². The van der Waals surface area contributed by atoms with E-state index in [0.29, 0.717) is 17.9 Å². The van der Waals surface area contributed by atoms with Crippen molar-refractivity contribution in [2.75, 3.05) is 26.9 Å². The fraction of sp³-hybridized carbons (Fsp3) is 0.286. The van der Waals surface area contributed by atoms with Gasteiger partial charge in [0.2, 0.25) is 0 Å². The number of amides is 1. The molecule has 1 N–H and O–H groups in total. The number of ketones is 1. The number of carbonyl (C=O) groups is 2. The first kappa shape index (κ1) is 18.2. The predicted octanol–water partition coefficient (Wildman–Crippen LogP) is 2.08. The highest BCUT2D eigenvalue weighted by atomic mass is 16.5. The molecule has 1 aromatic carbocycles. The predicted molar refractivity (Wildman–Crippen MR) is 101 cm³/mol. The van der Waals surface area contributed by atoms with Crippen molar-refractivity contribution in [1.82, 2.24) is 9.88 Å². The standard InChI is InChI=1S/C21H20N2O5/c1-27-11-9-23-18(15-4-2-3-8-22-15)17(20(25)21(23)26)19(24)14-5-6-16-13(12-14)7-10-28-16/h2-6,8,12,18,24H,7,9-11H2,1H3/b19-17-. The van der Waals surface area contributed by atoms with Crippen LogP contribution in [0.2, 0.25) is 0 Å². The van der Waals surface area contributed by atoms with Gasteiger partial charge in [0.1, 0.15) is 17.6 Å². The molecule has 1 saturated heterocycles. The fourth-order valence-electron chi connectivity index (χ4n) is 3.63. The molecule has 2 aliphatic rings. The molecule has 4 rings (SSSR count). The van der Waals surface area contributed by atoms with Gasteiger partial charge in [-0.2, -0.15) is 0 Å². The summed E-state index contributed by atoms with van der Waals surface area (Å²) in [6, 6.07) is 9.78. The Morgan fingerprint density at radius 1 is 1.32 bits per heavy atom. The number of Topliss-reactive ketones (excluding diaryl/α,β-unsaturated/α-hetero) is 1. The minimum absolute atomic E-state index is 0.0404. The van der Waals surface area contributed by atoms with E-state index in [0.717, 1.165) is 17.7 Å². The fourth-order valence-corrected chi connectivity index (χ4v) is 3.63. The minimum atomic E-state index is -0.763. The molecule has 2 aliphatic heterocycles. The molecule has 1 aromatic heterocycles. The van der Waals surface area contributed by atoms with Gasteiger partial charge in [0.15, 0.2) is 0 Å². The van der Waals surface area contributed by atoms with Crippen LogP contribution in [0.1, 0.15) is 22.9 Å². The van der Waals surface area contributed by atoms with Crippen LogP contribution in [0.4, 0.5) is 0 Å². The maximum Gasteiger partial charge on any atom is 0.295 e. The van der Waals surface area contributed by atoms with Crippen LogP contribution >= 0.6 is 0 Å². The van der Waals surface area contributed by atoms with Gasteiger partial charge in [-0.05, 0) is 35.9 Å². The van der Waals surface area contributed by atoms with E-state index in [1.54, 1.807) is 42.6 Å². The van der Waals surface area contributed by atoms with E-state index in [9.17, 15) is 14.7 Å². The third kappa shape index (κ3) is 3.03. The van der Waals surface area contributed by atoms with E-state index in [-0.39, 0.29) is 24.5 Å². The van der Waals surface area contributed by atoms with Gasteiger partial charge in [0.05, 0.1) is 24.5 Å². The van der Waals surface area contributed by atoms with E-state index in [2.05, 4.69) is 4.98 Å². The maximum atomic E-state index is 12.8. The molecule has 1 amide bonds. The van der Waals surface area contributed by atoms with Crippen molar-refractivity contribution in [1.29, 1.82) is 0 Å². The topological polar surface area (TPSA) is 89.0 Å². The number of fused-ring (bicyclic) bond motifs is 1. The lowest BCUT2D eigenvalue weighted by Crippen LogP contribution is -2.33. The second-order valence-corrected chi connectivity index (χ2v) is 6.66. The van der Waals surface area contributed by atoms with Crippen LogP contribution in [0, 0.1) is 0 Å². The van der Waals surface area contributed by atoms with Crippen molar-refractivity contribution >= 4 is 17.4 Å². The molecule has 144 valence electrons. The minimum Gasteiger partial charge on any atom is -0.507 e. The van der Waals surface area contributed by atoms with Crippen molar-refractivity contribution in [3.8, 4) is 5.75 Å². The van der Waals surface area contributed by atoms with E-state index in [4.69, 9.17) is 9.47 Å². The lowest BCUT2D eigenvalue weighted by Gasteiger charge is -2.24. The number of carbonyl (C=O) groups excluding carboxylic acids is 2. The highest BCUT2D eigenvalue weighted by molar-refractivity contribution is 6.46. The van der Waals surface area contributed by atoms with Crippen LogP contribution < -0.4 is 4.74 Å². The average Bonchev–Trinajstić information content (AvgIpc) is 3.29. The van der Waals surface area contributed by atoms with E-state index in [1.165, 1.54) is 12.0 Å². The summed E-state index contributed by atoms with van der Waals surface area (Å²) < 4.78 is 10.6. The Kier molecular flexibility index (Phi) is 4.83. The van der Waals surface area contributed by atoms with Crippen molar-refractivity contribution in [2.45, 2.75) is 12.5 Å². The number of aliphatic hydroxyl groups excluding tert-OH is 1. The number of benzene rings is 1. The van der Waals surface area contributed by atoms with Gasteiger partial charge in [-0.15, -0.1) is 0 Å². The quantitative estimate of drug-likeness (QED) is 0.485. The molecule has 1 fully saturated rings. The number of rotatable bonds is 5. The Bertz CT molecular complexity index is 955. The molecule has 2 aromatic rings. The molecular weight excluding hydrogens is 360 g/mol. The summed E-state index contributed by atoms with van der Waals surface area (Å²) in [6.45, 7) is 1.08. The Labute approximate surface area is 162 Å². The molecule has 0 saturated carbocycles. The third-order valence-corrected chi connectivity index (χ3v) is 5.01. The Morgan fingerprint density at radius 2 is 2.18 bits per heavy atom. The molecule has 1 unspecified atom stereocenters. The van der Waals surface area contributed by atoms with Crippen molar-refractivity contribution < 1.29 is 24.2 Å². The molecule has 0 bridgehead atoms. The monoisotopic (exact) mass is 380 g/mol. The first-order chi connectivity index (χ1) is 13.6. The van der Waals surface area contributed by atoms with Gasteiger partial charge >= 0.3 is 0 Å². The SMILES string of the molecule is COCCN1C(=O)C(=O)/C(=C(\O)c2ccc3c(c2)CCO3)C1c1ccccn1. The van der Waals surface area contributed by atoms with Gasteiger partial charge in [-0.1, -0.05) is 6.07 Å². The number of nitrogens with zero attached hydrogens (tertiary/aromatic N) is 2. The summed E-state index contributed by atoms with van der Waals surface area (Å²) in [5, 5.41) is 11.0. The highest BCUT2D eigenvalue weighted by Gasteiger charge is 2.46. The Hall–Kier alpha value is -3.19. The normalized spacial score (nSPS) is 20.3. The number of ether oxygens (including phenoxy) is 2. The lowest BCUT2D eigenvalue weighted by molar-refractivity contribution is -0.140. The molecule has 28 heavy (non-hydrogen) atoms. The maximum absolute atomic E-state index is 12.8. The molecule has 1 atom stereocenters. The zero-order chi connectivity index (χ0) is 19.7. The molecule has 0 aliphatic carbocycles. The average molecular weight is 380 g/mol. The summed E-state index contributed by atoms with van der Waals surface area (Å²) >= 11 is 0. The number of aromatic nitrogens is 1. The second kappa shape index (κ2) is 7.44. The van der Waals surface area contributed by atoms with Crippen molar-refractivity contribution in [3.05, 3.63) is 65.0 Å². The summed E-state index contributed by atoms with van der Waals surface area (Å²) in [7, 11) is 1.53. The summed E-state index contributed by atoms with van der Waals surface area (Å²) in [4.78, 5) is 31.2. The van der Waals surface area contributed by atoms with Gasteiger partial charge < -0.3 is 19.5 Å². The molecule has 7 nitrogen and oxygen atoms in total. The van der Waals surface area contributed by atoms with E-state index in [1.807, 2.05) is 0 Å². The van der Waals surface area contributed by atoms with Crippen LogP contribution in [0.3, 0.4) is 0 Å². The zero-order valence-electron chi connectivity index (χ0n) is 15.4. The van der Waals surface area contributed by atoms with Crippen molar-refractivity contribution in [3.63, 3.8) is 0 Å². The number of methoxy groups -OCH3 is 1. The number of hydrogen-bond donors (Lipinski definition) is 1. The number of likely N-dealkylation sites (tertiary alicyclic amines) is 1. The molecular formula is C21H20N2O5. The molecule has 0 radical (unpaired) electrons. The number of hydrogen-bond acceptors (Lipinski definition) is 6. The first-order valence-electron chi connectivity index (χ1n) is 9.06. The molecule has 0 spiro atoms. The Morgan fingerprint density at radius 3 is 2.93 bits per heavy atom.